The summed E-state index contributed by atoms with van der Waals surface area (Å²) in [5.74, 6) is -0.640. The van der Waals surface area contributed by atoms with E-state index in [1.54, 1.807) is 6.07 Å². The molecule has 0 aromatic heterocycles. The molecule has 0 aliphatic heterocycles. The number of benzene rings is 1. The molecule has 2 nitrogen and oxygen atoms in total. The molecule has 0 aliphatic carbocycles. The predicted octanol–water partition coefficient (Wildman–Crippen LogP) is 3.89. The van der Waals surface area contributed by atoms with Gasteiger partial charge in [0.2, 0.25) is 0 Å². The molecule has 0 spiro atoms. The Labute approximate surface area is 109 Å². The Kier molecular flexibility index (Phi) is 5.78. The first-order valence-corrected chi connectivity index (χ1v) is 5.96. The normalized spacial score (nSPS) is 11.3. The number of aryl methyl sites for hydroxylation is 1. The summed E-state index contributed by atoms with van der Waals surface area (Å²) in [5.41, 5.74) is 1.20. The van der Waals surface area contributed by atoms with Crippen molar-refractivity contribution in [3.05, 3.63) is 41.0 Å². The fourth-order valence-corrected chi connectivity index (χ4v) is 1.68. The summed E-state index contributed by atoms with van der Waals surface area (Å²) in [5, 5.41) is 8.56. The summed E-state index contributed by atoms with van der Waals surface area (Å²) in [6.45, 7) is 0. The average Bonchev–Trinajstić information content (AvgIpc) is 2.33. The maximum Gasteiger partial charge on any atom is 0.328 e. The van der Waals surface area contributed by atoms with E-state index in [9.17, 15) is 13.6 Å². The van der Waals surface area contributed by atoms with Crippen molar-refractivity contribution < 1.29 is 18.7 Å². The monoisotopic (exact) mass is 274 g/mol. The van der Waals surface area contributed by atoms with Gasteiger partial charge in [-0.3, -0.25) is 0 Å². The van der Waals surface area contributed by atoms with Gasteiger partial charge >= 0.3 is 5.97 Å². The van der Waals surface area contributed by atoms with Gasteiger partial charge < -0.3 is 5.11 Å². The maximum atomic E-state index is 12.6. The number of carboxylic acids is 1. The Morgan fingerprint density at radius 1 is 1.44 bits per heavy atom. The molecular weight excluding hydrogens is 262 g/mol. The highest BCUT2D eigenvalue weighted by Gasteiger charge is 2.09. The molecule has 0 fully saturated rings. The standard InChI is InChI=1S/C13H13ClF2O2/c14-7-1-2-9-3-4-11(13(15)16)8-10(9)5-6-12(17)18/h3-6,8,13H,1-2,7H2,(H,17,18)/b6-5+. The van der Waals surface area contributed by atoms with Crippen LogP contribution in [0.25, 0.3) is 6.08 Å². The van der Waals surface area contributed by atoms with Crippen LogP contribution < -0.4 is 0 Å². The lowest BCUT2D eigenvalue weighted by Gasteiger charge is -2.08. The topological polar surface area (TPSA) is 37.3 Å². The lowest BCUT2D eigenvalue weighted by molar-refractivity contribution is -0.131. The summed E-state index contributed by atoms with van der Waals surface area (Å²) in [6, 6.07) is 4.26. The van der Waals surface area contributed by atoms with Crippen molar-refractivity contribution in [2.75, 3.05) is 5.88 Å². The van der Waals surface area contributed by atoms with Gasteiger partial charge in [0.05, 0.1) is 0 Å². The Hall–Kier alpha value is -1.42. The number of carbonyl (C=O) groups is 1. The molecule has 0 amide bonds. The van der Waals surface area contributed by atoms with E-state index in [4.69, 9.17) is 16.7 Å². The van der Waals surface area contributed by atoms with Crippen molar-refractivity contribution in [2.45, 2.75) is 19.3 Å². The van der Waals surface area contributed by atoms with E-state index in [1.807, 2.05) is 0 Å². The second kappa shape index (κ2) is 7.11. The molecule has 0 saturated heterocycles. The van der Waals surface area contributed by atoms with Crippen molar-refractivity contribution in [3.8, 4) is 0 Å². The molecule has 0 unspecified atom stereocenters. The van der Waals surface area contributed by atoms with Gasteiger partial charge in [0.1, 0.15) is 0 Å². The van der Waals surface area contributed by atoms with Crippen LogP contribution in [0.15, 0.2) is 24.3 Å². The van der Waals surface area contributed by atoms with Crippen molar-refractivity contribution in [1.29, 1.82) is 0 Å². The highest BCUT2D eigenvalue weighted by molar-refractivity contribution is 6.17. The van der Waals surface area contributed by atoms with Gasteiger partial charge in [0.15, 0.2) is 0 Å². The van der Waals surface area contributed by atoms with Crippen LogP contribution >= 0.6 is 11.6 Å². The van der Waals surface area contributed by atoms with Crippen molar-refractivity contribution in [3.63, 3.8) is 0 Å². The van der Waals surface area contributed by atoms with Crippen molar-refractivity contribution in [2.24, 2.45) is 0 Å². The zero-order valence-corrected chi connectivity index (χ0v) is 10.3. The summed E-state index contributed by atoms with van der Waals surface area (Å²) in [6.07, 6.45) is 1.05. The van der Waals surface area contributed by atoms with Gasteiger partial charge in [-0.1, -0.05) is 12.1 Å². The lowest BCUT2D eigenvalue weighted by Crippen LogP contribution is -1.95. The van der Waals surface area contributed by atoms with Gasteiger partial charge in [-0.05, 0) is 36.1 Å². The summed E-state index contributed by atoms with van der Waals surface area (Å²) >= 11 is 5.58. The molecule has 1 aromatic rings. The molecule has 0 saturated carbocycles. The Bertz CT molecular complexity index is 445. The number of rotatable bonds is 6. The molecule has 18 heavy (non-hydrogen) atoms. The molecule has 0 aliphatic rings. The highest BCUT2D eigenvalue weighted by Crippen LogP contribution is 2.23. The predicted molar refractivity (Wildman–Crippen MR) is 67.1 cm³/mol. The number of hydrogen-bond donors (Lipinski definition) is 1. The second-order valence-electron chi connectivity index (χ2n) is 3.72. The van der Waals surface area contributed by atoms with Crippen molar-refractivity contribution in [1.82, 2.24) is 0 Å². The van der Waals surface area contributed by atoms with Crippen LogP contribution in [-0.4, -0.2) is 17.0 Å². The zero-order chi connectivity index (χ0) is 13.5. The van der Waals surface area contributed by atoms with Gasteiger partial charge in [0.25, 0.3) is 6.43 Å². The molecule has 0 atom stereocenters. The van der Waals surface area contributed by atoms with Crippen LogP contribution in [0.2, 0.25) is 0 Å². The van der Waals surface area contributed by atoms with Crippen LogP contribution in [-0.2, 0) is 11.2 Å². The van der Waals surface area contributed by atoms with E-state index in [2.05, 4.69) is 0 Å². The first kappa shape index (κ1) is 14.6. The fourth-order valence-electron chi connectivity index (χ4n) is 1.55. The van der Waals surface area contributed by atoms with Crippen LogP contribution in [0.5, 0.6) is 0 Å². The maximum absolute atomic E-state index is 12.6. The van der Waals surface area contributed by atoms with Crippen LogP contribution in [0.3, 0.4) is 0 Å². The van der Waals surface area contributed by atoms with Gasteiger partial charge in [-0.25, -0.2) is 13.6 Å². The largest absolute Gasteiger partial charge is 0.478 e. The molecular formula is C13H13ClF2O2. The summed E-state index contributed by atoms with van der Waals surface area (Å²) in [4.78, 5) is 10.5. The molecule has 0 bridgehead atoms. The number of aliphatic carboxylic acids is 1. The third-order valence-electron chi connectivity index (χ3n) is 2.41. The third kappa shape index (κ3) is 4.45. The number of hydrogen-bond acceptors (Lipinski definition) is 1. The van der Waals surface area contributed by atoms with E-state index in [1.165, 1.54) is 18.2 Å². The van der Waals surface area contributed by atoms with E-state index in [0.29, 0.717) is 24.3 Å². The first-order valence-electron chi connectivity index (χ1n) is 5.42. The Morgan fingerprint density at radius 2 is 2.17 bits per heavy atom. The minimum atomic E-state index is -2.57. The number of alkyl halides is 3. The van der Waals surface area contributed by atoms with E-state index in [-0.39, 0.29) is 5.56 Å². The minimum absolute atomic E-state index is 0.116. The van der Waals surface area contributed by atoms with E-state index >= 15 is 0 Å². The van der Waals surface area contributed by atoms with Crippen LogP contribution in [0.1, 0.15) is 29.5 Å². The molecule has 98 valence electrons. The molecule has 1 N–H and O–H groups in total. The van der Waals surface area contributed by atoms with Gasteiger partial charge in [-0.15, -0.1) is 11.6 Å². The smallest absolute Gasteiger partial charge is 0.328 e. The zero-order valence-electron chi connectivity index (χ0n) is 9.57. The van der Waals surface area contributed by atoms with Gasteiger partial charge in [-0.2, -0.15) is 0 Å². The number of carboxylic acid groups (broad SMARTS) is 1. The molecule has 1 rings (SSSR count). The van der Waals surface area contributed by atoms with Crippen molar-refractivity contribution >= 4 is 23.6 Å². The van der Waals surface area contributed by atoms with E-state index in [0.717, 1.165) is 11.6 Å². The lowest BCUT2D eigenvalue weighted by atomic mass is 10.00. The fraction of sp³-hybridized carbons (Fsp3) is 0.308. The molecule has 0 radical (unpaired) electrons. The molecule has 1 aromatic carbocycles. The highest BCUT2D eigenvalue weighted by atomic mass is 35.5. The summed E-state index contributed by atoms with van der Waals surface area (Å²) in [7, 11) is 0. The summed E-state index contributed by atoms with van der Waals surface area (Å²) < 4.78 is 25.1. The number of halogens is 3. The van der Waals surface area contributed by atoms with E-state index < -0.39 is 12.4 Å². The van der Waals surface area contributed by atoms with Crippen LogP contribution in [0.4, 0.5) is 8.78 Å². The Balaban J connectivity index is 3.05. The van der Waals surface area contributed by atoms with Crippen LogP contribution in [0, 0.1) is 0 Å². The molecule has 5 heteroatoms. The van der Waals surface area contributed by atoms with Gasteiger partial charge in [0, 0.05) is 17.5 Å². The quantitative estimate of drug-likeness (QED) is 0.631. The minimum Gasteiger partial charge on any atom is -0.478 e. The Morgan fingerprint density at radius 3 is 2.72 bits per heavy atom. The average molecular weight is 275 g/mol. The third-order valence-corrected chi connectivity index (χ3v) is 2.67. The first-order chi connectivity index (χ1) is 8.54. The second-order valence-corrected chi connectivity index (χ2v) is 4.10. The molecule has 0 heterocycles. The SMILES string of the molecule is O=C(O)/C=C/c1cc(C(F)F)ccc1CCCCl.